The van der Waals surface area contributed by atoms with Gasteiger partial charge in [-0.15, -0.1) is 0 Å². The van der Waals surface area contributed by atoms with Gasteiger partial charge in [0.25, 0.3) is 0 Å². The Bertz CT molecular complexity index is 753. The Hall–Kier alpha value is -2.27. The van der Waals surface area contributed by atoms with Crippen LogP contribution >= 0.6 is 0 Å². The minimum Gasteiger partial charge on any atom is -0.352 e. The molecule has 2 atom stereocenters. The number of pyridine rings is 2. The summed E-state index contributed by atoms with van der Waals surface area (Å²) >= 11 is 0. The van der Waals surface area contributed by atoms with Gasteiger partial charge < -0.3 is 5.32 Å². The number of nitrogens with one attached hydrogen (secondary N) is 1. The fourth-order valence-corrected chi connectivity index (χ4v) is 5.60. The molecule has 4 rings (SSSR count). The quantitative estimate of drug-likeness (QED) is 0.568. The maximum atomic E-state index is 12.9. The van der Waals surface area contributed by atoms with E-state index in [2.05, 4.69) is 44.5 Å². The Kier molecular flexibility index (Phi) is 8.66. The molecule has 2 aromatic heterocycles. The third-order valence-electron chi connectivity index (χ3n) is 7.32. The van der Waals surface area contributed by atoms with E-state index >= 15 is 0 Å². The van der Waals surface area contributed by atoms with Gasteiger partial charge in [0.15, 0.2) is 0 Å². The van der Waals surface area contributed by atoms with Crippen molar-refractivity contribution in [1.82, 2.24) is 20.2 Å². The molecule has 0 radical (unpaired) electrons. The number of aromatic nitrogens is 2. The van der Waals surface area contributed by atoms with Crippen molar-refractivity contribution >= 4 is 5.91 Å². The predicted molar refractivity (Wildman–Crippen MR) is 128 cm³/mol. The molecule has 1 aliphatic carbocycles. The molecule has 2 aliphatic rings. The number of rotatable bonds is 11. The SMILES string of the molecule is O=C(CN1CC2CCCCC2C1)NC(CCCc1ccncc1)CCCc1ccncc1. The average Bonchev–Trinajstić information content (AvgIpc) is 3.22. The molecule has 0 aromatic carbocycles. The van der Waals surface area contributed by atoms with Crippen LogP contribution in [0.4, 0.5) is 0 Å². The monoisotopic (exact) mass is 434 g/mol. The number of carbonyl (C=O) groups is 1. The molecule has 1 amide bonds. The summed E-state index contributed by atoms with van der Waals surface area (Å²) in [6.45, 7) is 2.80. The number of carbonyl (C=O) groups excluding carboxylic acids is 1. The Balaban J connectivity index is 1.25. The molecular formula is C27H38N4O. The second kappa shape index (κ2) is 12.1. The van der Waals surface area contributed by atoms with Crippen LogP contribution in [-0.4, -0.2) is 46.5 Å². The molecule has 0 bridgehead atoms. The van der Waals surface area contributed by atoms with Crippen LogP contribution in [0.25, 0.3) is 0 Å². The predicted octanol–water partition coefficient (Wildman–Crippen LogP) is 4.43. The molecule has 1 aliphatic heterocycles. The second-order valence-corrected chi connectivity index (χ2v) is 9.76. The van der Waals surface area contributed by atoms with Crippen molar-refractivity contribution < 1.29 is 4.79 Å². The van der Waals surface area contributed by atoms with Crippen LogP contribution in [0.1, 0.15) is 62.5 Å². The van der Waals surface area contributed by atoms with Crippen molar-refractivity contribution in [3.63, 3.8) is 0 Å². The van der Waals surface area contributed by atoms with Crippen molar-refractivity contribution in [1.29, 1.82) is 0 Å². The molecule has 5 nitrogen and oxygen atoms in total. The Morgan fingerprint density at radius 2 is 1.38 bits per heavy atom. The summed E-state index contributed by atoms with van der Waals surface area (Å²) in [5.41, 5.74) is 2.64. The number of amides is 1. The highest BCUT2D eigenvalue weighted by Crippen LogP contribution is 2.35. The normalized spacial score (nSPS) is 20.9. The lowest BCUT2D eigenvalue weighted by Gasteiger charge is -2.23. The van der Waals surface area contributed by atoms with Gasteiger partial charge in [0.2, 0.25) is 5.91 Å². The summed E-state index contributed by atoms with van der Waals surface area (Å²) < 4.78 is 0. The molecular weight excluding hydrogens is 396 g/mol. The lowest BCUT2D eigenvalue weighted by atomic mass is 9.82. The minimum atomic E-state index is 0.210. The van der Waals surface area contributed by atoms with E-state index in [1.54, 1.807) is 0 Å². The van der Waals surface area contributed by atoms with E-state index in [1.807, 2.05) is 24.8 Å². The highest BCUT2D eigenvalue weighted by molar-refractivity contribution is 5.78. The largest absolute Gasteiger partial charge is 0.352 e. The standard InChI is InChI=1S/C27H38N4O/c32-27(21-31-19-24-7-1-2-8-25(24)20-31)30-26(9-3-5-22-11-15-28-16-12-22)10-4-6-23-13-17-29-18-14-23/h11-18,24-26H,1-10,19-21H2,(H,30,32). The van der Waals surface area contributed by atoms with Crippen molar-refractivity contribution in [2.45, 2.75) is 70.3 Å². The van der Waals surface area contributed by atoms with Gasteiger partial charge >= 0.3 is 0 Å². The lowest BCUT2D eigenvalue weighted by Crippen LogP contribution is -2.41. The first kappa shape index (κ1) is 22.9. The van der Waals surface area contributed by atoms with Gasteiger partial charge in [0.05, 0.1) is 6.54 Å². The minimum absolute atomic E-state index is 0.210. The highest BCUT2D eigenvalue weighted by Gasteiger charge is 2.34. The van der Waals surface area contributed by atoms with E-state index < -0.39 is 0 Å². The number of likely N-dealkylation sites (tertiary alicyclic amines) is 1. The average molecular weight is 435 g/mol. The first-order valence-electron chi connectivity index (χ1n) is 12.6. The van der Waals surface area contributed by atoms with E-state index in [0.717, 1.165) is 63.5 Å². The molecule has 3 heterocycles. The number of hydrogen-bond acceptors (Lipinski definition) is 4. The van der Waals surface area contributed by atoms with Crippen molar-refractivity contribution in [2.24, 2.45) is 11.8 Å². The molecule has 2 fully saturated rings. The molecule has 1 N–H and O–H groups in total. The lowest BCUT2D eigenvalue weighted by molar-refractivity contribution is -0.122. The van der Waals surface area contributed by atoms with Crippen LogP contribution in [0.5, 0.6) is 0 Å². The van der Waals surface area contributed by atoms with Crippen LogP contribution in [0.3, 0.4) is 0 Å². The summed E-state index contributed by atoms with van der Waals surface area (Å²) in [5.74, 6) is 1.86. The van der Waals surface area contributed by atoms with E-state index in [4.69, 9.17) is 0 Å². The van der Waals surface area contributed by atoms with E-state index in [-0.39, 0.29) is 11.9 Å². The molecule has 1 saturated heterocycles. The van der Waals surface area contributed by atoms with Crippen LogP contribution in [0, 0.1) is 11.8 Å². The van der Waals surface area contributed by atoms with Gasteiger partial charge in [-0.2, -0.15) is 0 Å². The van der Waals surface area contributed by atoms with Crippen molar-refractivity contribution in [3.8, 4) is 0 Å². The zero-order valence-corrected chi connectivity index (χ0v) is 19.3. The van der Waals surface area contributed by atoms with Crippen LogP contribution < -0.4 is 5.32 Å². The van der Waals surface area contributed by atoms with Gasteiger partial charge in [-0.3, -0.25) is 19.7 Å². The third kappa shape index (κ3) is 7.13. The third-order valence-corrected chi connectivity index (χ3v) is 7.32. The summed E-state index contributed by atoms with van der Waals surface area (Å²) in [4.78, 5) is 23.5. The number of aryl methyl sites for hydroxylation is 2. The molecule has 2 aromatic rings. The number of nitrogens with zero attached hydrogens (tertiary/aromatic N) is 3. The Morgan fingerprint density at radius 3 is 1.88 bits per heavy atom. The molecule has 1 saturated carbocycles. The molecule has 5 heteroatoms. The van der Waals surface area contributed by atoms with Crippen LogP contribution in [-0.2, 0) is 17.6 Å². The van der Waals surface area contributed by atoms with Gasteiger partial charge in [-0.25, -0.2) is 0 Å². The number of fused-ring (bicyclic) bond motifs is 1. The Labute approximate surface area is 193 Å². The van der Waals surface area contributed by atoms with Crippen molar-refractivity contribution in [2.75, 3.05) is 19.6 Å². The van der Waals surface area contributed by atoms with Gasteiger partial charge in [-0.1, -0.05) is 12.8 Å². The first-order chi connectivity index (χ1) is 15.8. The zero-order chi connectivity index (χ0) is 22.0. The molecule has 172 valence electrons. The highest BCUT2D eigenvalue weighted by atomic mass is 16.2. The van der Waals surface area contributed by atoms with E-state index in [1.165, 1.54) is 36.8 Å². The van der Waals surface area contributed by atoms with E-state index in [9.17, 15) is 4.79 Å². The first-order valence-corrected chi connectivity index (χ1v) is 12.6. The zero-order valence-electron chi connectivity index (χ0n) is 19.3. The summed E-state index contributed by atoms with van der Waals surface area (Å²) in [6.07, 6.45) is 19.2. The van der Waals surface area contributed by atoms with Crippen molar-refractivity contribution in [3.05, 3.63) is 60.2 Å². The van der Waals surface area contributed by atoms with Crippen LogP contribution in [0.2, 0.25) is 0 Å². The smallest absolute Gasteiger partial charge is 0.234 e. The topological polar surface area (TPSA) is 58.1 Å². The summed E-state index contributed by atoms with van der Waals surface area (Å²) in [7, 11) is 0. The van der Waals surface area contributed by atoms with Crippen LogP contribution in [0.15, 0.2) is 49.1 Å². The van der Waals surface area contributed by atoms with E-state index in [0.29, 0.717) is 6.54 Å². The maximum Gasteiger partial charge on any atom is 0.234 e. The fourth-order valence-electron chi connectivity index (χ4n) is 5.60. The summed E-state index contributed by atoms with van der Waals surface area (Å²) in [5, 5.41) is 3.39. The Morgan fingerprint density at radius 1 is 0.875 bits per heavy atom. The van der Waals surface area contributed by atoms with Gasteiger partial charge in [-0.05, 0) is 98.6 Å². The van der Waals surface area contributed by atoms with Gasteiger partial charge in [0, 0.05) is 43.9 Å². The molecule has 0 spiro atoms. The summed E-state index contributed by atoms with van der Waals surface area (Å²) in [6, 6.07) is 8.59. The fraction of sp³-hybridized carbons (Fsp3) is 0.593. The van der Waals surface area contributed by atoms with Gasteiger partial charge in [0.1, 0.15) is 0 Å². The second-order valence-electron chi connectivity index (χ2n) is 9.76. The molecule has 2 unspecified atom stereocenters. The number of hydrogen-bond donors (Lipinski definition) is 1. The maximum absolute atomic E-state index is 12.9. The molecule has 32 heavy (non-hydrogen) atoms.